The Morgan fingerprint density at radius 2 is 1.86 bits per heavy atom. The van der Waals surface area contributed by atoms with E-state index in [1.54, 1.807) is 6.92 Å². The number of hydrogen-bond acceptors (Lipinski definition) is 3. The van der Waals surface area contributed by atoms with Crippen molar-refractivity contribution in [3.63, 3.8) is 0 Å². The first-order valence-corrected chi connectivity index (χ1v) is 6.66. The summed E-state index contributed by atoms with van der Waals surface area (Å²) in [6, 6.07) is 0.777. The van der Waals surface area contributed by atoms with E-state index in [2.05, 4.69) is 5.32 Å². The van der Waals surface area contributed by atoms with E-state index < -0.39 is 33.7 Å². The normalized spacial score (nSPS) is 12.3. The zero-order valence-corrected chi connectivity index (χ0v) is 12.2. The summed E-state index contributed by atoms with van der Waals surface area (Å²) in [6.45, 7) is 5.85. The van der Waals surface area contributed by atoms with Crippen molar-refractivity contribution in [1.82, 2.24) is 5.32 Å². The molecule has 0 heterocycles. The topological polar surface area (TPSA) is 72.2 Å². The number of halogens is 2. The van der Waals surface area contributed by atoms with Gasteiger partial charge >= 0.3 is 5.69 Å². The number of nitro groups is 1. The van der Waals surface area contributed by atoms with E-state index in [4.69, 9.17) is 0 Å². The van der Waals surface area contributed by atoms with Crippen LogP contribution in [0.3, 0.4) is 0 Å². The highest BCUT2D eigenvalue weighted by atomic mass is 19.1. The van der Waals surface area contributed by atoms with E-state index in [1.807, 2.05) is 13.8 Å². The van der Waals surface area contributed by atoms with Crippen molar-refractivity contribution in [3.8, 4) is 0 Å². The summed E-state index contributed by atoms with van der Waals surface area (Å²) in [6.07, 6.45) is 1.60. The van der Waals surface area contributed by atoms with Crippen LogP contribution >= 0.6 is 0 Å². The van der Waals surface area contributed by atoms with Gasteiger partial charge in [-0.3, -0.25) is 14.9 Å². The van der Waals surface area contributed by atoms with Gasteiger partial charge in [0.25, 0.3) is 5.91 Å². The molecule has 21 heavy (non-hydrogen) atoms. The molecule has 116 valence electrons. The molecule has 0 radical (unpaired) electrons. The molecule has 0 spiro atoms. The fourth-order valence-electron chi connectivity index (χ4n) is 1.81. The Morgan fingerprint density at radius 1 is 1.24 bits per heavy atom. The summed E-state index contributed by atoms with van der Waals surface area (Å²) in [7, 11) is 0. The quantitative estimate of drug-likeness (QED) is 0.646. The number of rotatable bonds is 6. The number of hydrogen-bond donors (Lipinski definition) is 1. The second kappa shape index (κ2) is 7.10. The molecule has 1 unspecified atom stereocenters. The van der Waals surface area contributed by atoms with Crippen molar-refractivity contribution in [2.24, 2.45) is 5.92 Å². The lowest BCUT2D eigenvalue weighted by Crippen LogP contribution is -2.33. The van der Waals surface area contributed by atoms with Crippen LogP contribution in [0.1, 0.15) is 44.0 Å². The van der Waals surface area contributed by atoms with Crippen molar-refractivity contribution < 1.29 is 18.5 Å². The van der Waals surface area contributed by atoms with Crippen LogP contribution in [0.25, 0.3) is 0 Å². The van der Waals surface area contributed by atoms with Gasteiger partial charge < -0.3 is 5.32 Å². The van der Waals surface area contributed by atoms with E-state index in [1.165, 1.54) is 0 Å². The van der Waals surface area contributed by atoms with Crippen LogP contribution < -0.4 is 5.32 Å². The van der Waals surface area contributed by atoms with Crippen LogP contribution in [-0.2, 0) is 0 Å². The predicted octanol–water partition coefficient (Wildman–Crippen LogP) is 3.43. The van der Waals surface area contributed by atoms with Crippen LogP contribution in [0.5, 0.6) is 0 Å². The van der Waals surface area contributed by atoms with Gasteiger partial charge in [-0.1, -0.05) is 13.8 Å². The first-order valence-electron chi connectivity index (χ1n) is 6.66. The lowest BCUT2D eigenvalue weighted by Gasteiger charge is -2.15. The number of nitro benzene ring substituents is 1. The van der Waals surface area contributed by atoms with Crippen LogP contribution in [0.15, 0.2) is 12.1 Å². The molecule has 5 nitrogen and oxygen atoms in total. The van der Waals surface area contributed by atoms with Gasteiger partial charge in [0.1, 0.15) is 5.82 Å². The molecular weight excluding hydrogens is 282 g/mol. The molecule has 1 aromatic carbocycles. The molecule has 0 aliphatic carbocycles. The fourth-order valence-corrected chi connectivity index (χ4v) is 1.81. The lowest BCUT2D eigenvalue weighted by molar-refractivity contribution is -0.387. The molecule has 1 amide bonds. The summed E-state index contributed by atoms with van der Waals surface area (Å²) in [4.78, 5) is 21.3. The molecule has 0 aromatic heterocycles. The largest absolute Gasteiger partial charge is 0.349 e. The highest BCUT2D eigenvalue weighted by Gasteiger charge is 2.22. The van der Waals surface area contributed by atoms with Crippen LogP contribution in [0.4, 0.5) is 14.5 Å². The van der Waals surface area contributed by atoms with Crippen molar-refractivity contribution >= 4 is 11.6 Å². The third kappa shape index (κ3) is 4.77. The lowest BCUT2D eigenvalue weighted by atomic mass is 10.0. The van der Waals surface area contributed by atoms with Gasteiger partial charge in [-0.15, -0.1) is 0 Å². The standard InChI is InChI=1S/C14H18F2N2O3/c1-8(2)4-5-9(3)17-14(19)10-6-12(16)13(18(20)21)7-11(10)15/h6-9H,4-5H2,1-3H3,(H,17,19). The van der Waals surface area contributed by atoms with E-state index in [0.29, 0.717) is 24.5 Å². The van der Waals surface area contributed by atoms with Gasteiger partial charge in [0.2, 0.25) is 5.82 Å². The summed E-state index contributed by atoms with van der Waals surface area (Å²) in [5.74, 6) is -2.66. The Hall–Kier alpha value is -2.05. The Morgan fingerprint density at radius 3 is 2.38 bits per heavy atom. The maximum absolute atomic E-state index is 13.7. The van der Waals surface area contributed by atoms with E-state index in [-0.39, 0.29) is 6.04 Å². The maximum atomic E-state index is 13.7. The van der Waals surface area contributed by atoms with E-state index >= 15 is 0 Å². The van der Waals surface area contributed by atoms with E-state index in [9.17, 15) is 23.7 Å². The number of benzene rings is 1. The number of nitrogens with zero attached hydrogens (tertiary/aromatic N) is 1. The van der Waals surface area contributed by atoms with Gasteiger partial charge in [0.15, 0.2) is 0 Å². The number of nitrogens with one attached hydrogen (secondary N) is 1. The number of carbonyl (C=O) groups is 1. The molecule has 7 heteroatoms. The summed E-state index contributed by atoms with van der Waals surface area (Å²) < 4.78 is 27.1. The minimum absolute atomic E-state index is 0.197. The molecule has 1 N–H and O–H groups in total. The second-order valence-electron chi connectivity index (χ2n) is 5.39. The second-order valence-corrected chi connectivity index (χ2v) is 5.39. The number of amides is 1. The van der Waals surface area contributed by atoms with Gasteiger partial charge in [-0.2, -0.15) is 4.39 Å². The summed E-state index contributed by atoms with van der Waals surface area (Å²) in [5.41, 5.74) is -1.52. The Kier molecular flexibility index (Phi) is 5.75. The first-order chi connectivity index (χ1) is 9.72. The van der Waals surface area contributed by atoms with Gasteiger partial charge in [0, 0.05) is 6.04 Å². The van der Waals surface area contributed by atoms with Gasteiger partial charge in [-0.25, -0.2) is 4.39 Å². The van der Waals surface area contributed by atoms with Crippen LogP contribution in [-0.4, -0.2) is 16.9 Å². The Balaban J connectivity index is 2.83. The van der Waals surface area contributed by atoms with Gasteiger partial charge in [0.05, 0.1) is 16.6 Å². The number of carbonyl (C=O) groups excluding carboxylic acids is 1. The zero-order valence-electron chi connectivity index (χ0n) is 12.2. The summed E-state index contributed by atoms with van der Waals surface area (Å²) >= 11 is 0. The highest BCUT2D eigenvalue weighted by molar-refractivity contribution is 5.94. The first kappa shape index (κ1) is 17.0. The molecule has 0 saturated carbocycles. The Labute approximate surface area is 121 Å². The average molecular weight is 300 g/mol. The zero-order chi connectivity index (χ0) is 16.2. The molecule has 0 bridgehead atoms. The molecule has 1 atom stereocenters. The van der Waals surface area contributed by atoms with Crippen molar-refractivity contribution in [2.45, 2.75) is 39.7 Å². The van der Waals surface area contributed by atoms with Crippen LogP contribution in [0.2, 0.25) is 0 Å². The monoisotopic (exact) mass is 300 g/mol. The van der Waals surface area contributed by atoms with Gasteiger partial charge in [-0.05, 0) is 31.7 Å². The molecule has 0 aliphatic heterocycles. The molecular formula is C14H18F2N2O3. The Bertz CT molecular complexity index is 547. The molecule has 1 rings (SSSR count). The summed E-state index contributed by atoms with van der Waals surface area (Å²) in [5, 5.41) is 13.0. The molecule has 0 saturated heterocycles. The van der Waals surface area contributed by atoms with Crippen molar-refractivity contribution in [3.05, 3.63) is 39.4 Å². The maximum Gasteiger partial charge on any atom is 0.307 e. The molecule has 0 aliphatic rings. The predicted molar refractivity (Wildman–Crippen MR) is 74.0 cm³/mol. The SMILES string of the molecule is CC(C)CCC(C)NC(=O)c1cc(F)c([N+](=O)[O-])cc1F. The van der Waals surface area contributed by atoms with Crippen molar-refractivity contribution in [2.75, 3.05) is 0 Å². The molecule has 0 fully saturated rings. The third-order valence-electron chi connectivity index (χ3n) is 3.03. The highest BCUT2D eigenvalue weighted by Crippen LogP contribution is 2.21. The average Bonchev–Trinajstić information content (AvgIpc) is 2.38. The fraction of sp³-hybridized carbons (Fsp3) is 0.500. The smallest absolute Gasteiger partial charge is 0.307 e. The van der Waals surface area contributed by atoms with Crippen molar-refractivity contribution in [1.29, 1.82) is 0 Å². The van der Waals surface area contributed by atoms with E-state index in [0.717, 1.165) is 6.42 Å². The van der Waals surface area contributed by atoms with Crippen LogP contribution in [0, 0.1) is 27.7 Å². The third-order valence-corrected chi connectivity index (χ3v) is 3.03. The minimum atomic E-state index is -1.23. The minimum Gasteiger partial charge on any atom is -0.349 e. The molecule has 1 aromatic rings.